The Balaban J connectivity index is 1.56. The number of carbonyl (C=O) groups excluding carboxylic acids is 3. The van der Waals surface area contributed by atoms with Gasteiger partial charge in [-0.1, -0.05) is 12.1 Å². The van der Waals surface area contributed by atoms with E-state index in [4.69, 9.17) is 21.7 Å². The van der Waals surface area contributed by atoms with Crippen LogP contribution in [0, 0.1) is 0 Å². The van der Waals surface area contributed by atoms with Gasteiger partial charge in [-0.25, -0.2) is 9.59 Å². The highest BCUT2D eigenvalue weighted by Crippen LogP contribution is 2.46. The van der Waals surface area contributed by atoms with Crippen molar-refractivity contribution in [2.45, 2.75) is 18.3 Å². The number of benzene rings is 2. The predicted molar refractivity (Wildman–Crippen MR) is 121 cm³/mol. The summed E-state index contributed by atoms with van der Waals surface area (Å²) in [4.78, 5) is 40.1. The first-order valence-corrected chi connectivity index (χ1v) is 11.1. The van der Waals surface area contributed by atoms with Crippen LogP contribution in [-0.4, -0.2) is 53.4 Å². The molecule has 2 aliphatic rings. The van der Waals surface area contributed by atoms with E-state index in [0.717, 1.165) is 5.56 Å². The quantitative estimate of drug-likeness (QED) is 0.501. The molecule has 7 nitrogen and oxygen atoms in total. The Morgan fingerprint density at radius 1 is 1.06 bits per heavy atom. The van der Waals surface area contributed by atoms with Crippen LogP contribution >= 0.6 is 24.0 Å². The number of rotatable bonds is 5. The lowest BCUT2D eigenvalue weighted by atomic mass is 10.1. The van der Waals surface area contributed by atoms with Gasteiger partial charge in [-0.2, -0.15) is 0 Å². The number of carbonyl (C=O) groups is 3. The molecule has 2 fully saturated rings. The summed E-state index contributed by atoms with van der Waals surface area (Å²) in [7, 11) is 1.34. The zero-order chi connectivity index (χ0) is 22.1. The molecule has 4 rings (SSSR count). The zero-order valence-corrected chi connectivity index (χ0v) is 18.6. The normalized spacial score (nSPS) is 20.1. The number of amides is 1. The van der Waals surface area contributed by atoms with Gasteiger partial charge in [0.1, 0.15) is 11.4 Å². The smallest absolute Gasteiger partial charge is 0.338 e. The molecular weight excluding hydrogens is 436 g/mol. The molecule has 0 spiro atoms. The molecule has 0 N–H and O–H groups in total. The number of methoxy groups -OCH3 is 1. The molecule has 2 aliphatic heterocycles. The Morgan fingerprint density at radius 2 is 1.68 bits per heavy atom. The van der Waals surface area contributed by atoms with Crippen LogP contribution in [0.3, 0.4) is 0 Å². The molecule has 1 amide bonds. The average Bonchev–Trinajstić information content (AvgIpc) is 3.33. The molecule has 0 radical (unpaired) electrons. The largest absolute Gasteiger partial charge is 0.465 e. The van der Waals surface area contributed by atoms with Gasteiger partial charge in [-0.15, -0.1) is 11.8 Å². The molecule has 2 aromatic carbocycles. The van der Waals surface area contributed by atoms with E-state index in [2.05, 4.69) is 0 Å². The van der Waals surface area contributed by atoms with Crippen LogP contribution in [0.4, 0.5) is 5.69 Å². The number of fused-ring (bicyclic) bond motifs is 1. The van der Waals surface area contributed by atoms with Crippen molar-refractivity contribution in [3.63, 3.8) is 0 Å². The van der Waals surface area contributed by atoms with Crippen molar-refractivity contribution in [1.29, 1.82) is 0 Å². The van der Waals surface area contributed by atoms with Crippen molar-refractivity contribution < 1.29 is 23.9 Å². The molecule has 0 bridgehead atoms. The number of esters is 2. The third-order valence-corrected chi connectivity index (χ3v) is 6.89. The third-order valence-electron chi connectivity index (χ3n) is 5.17. The predicted octanol–water partition coefficient (Wildman–Crippen LogP) is 3.40. The van der Waals surface area contributed by atoms with E-state index in [1.165, 1.54) is 12.0 Å². The number of thiocarbonyl (C=S) groups is 1. The molecule has 0 aliphatic carbocycles. The lowest BCUT2D eigenvalue weighted by Gasteiger charge is -2.25. The van der Waals surface area contributed by atoms with E-state index in [1.807, 2.05) is 17.0 Å². The molecule has 9 heteroatoms. The summed E-state index contributed by atoms with van der Waals surface area (Å²) in [5, 5.41) is 0.294. The number of hydrogen-bond acceptors (Lipinski definition) is 7. The van der Waals surface area contributed by atoms with Gasteiger partial charge >= 0.3 is 11.9 Å². The van der Waals surface area contributed by atoms with Crippen LogP contribution in [0.1, 0.15) is 38.6 Å². The number of thioether (sulfide) groups is 1. The van der Waals surface area contributed by atoms with Crippen molar-refractivity contribution >= 4 is 52.6 Å². The first kappa shape index (κ1) is 21.3. The van der Waals surface area contributed by atoms with Gasteiger partial charge in [0, 0.05) is 5.75 Å². The Bertz CT molecular complexity index is 1040. The minimum Gasteiger partial charge on any atom is -0.465 e. The molecule has 1 unspecified atom stereocenters. The number of hydrogen-bond donors (Lipinski definition) is 0. The third kappa shape index (κ3) is 3.79. The first-order valence-electron chi connectivity index (χ1n) is 9.69. The van der Waals surface area contributed by atoms with E-state index >= 15 is 0 Å². The molecule has 2 atom stereocenters. The highest BCUT2D eigenvalue weighted by Gasteiger charge is 2.50. The molecule has 2 aromatic rings. The maximum absolute atomic E-state index is 13.1. The fourth-order valence-corrected chi connectivity index (χ4v) is 5.57. The van der Waals surface area contributed by atoms with E-state index < -0.39 is 11.9 Å². The molecule has 31 heavy (non-hydrogen) atoms. The van der Waals surface area contributed by atoms with Gasteiger partial charge in [0.05, 0.1) is 30.5 Å². The van der Waals surface area contributed by atoms with Crippen molar-refractivity contribution in [3.05, 3.63) is 65.2 Å². The summed E-state index contributed by atoms with van der Waals surface area (Å²) < 4.78 is 9.75. The van der Waals surface area contributed by atoms with Crippen LogP contribution in [0.25, 0.3) is 0 Å². The number of anilines is 1. The van der Waals surface area contributed by atoms with Crippen molar-refractivity contribution in [3.8, 4) is 0 Å². The maximum Gasteiger partial charge on any atom is 0.338 e. The second kappa shape index (κ2) is 8.68. The van der Waals surface area contributed by atoms with E-state index in [9.17, 15) is 14.4 Å². The Labute approximate surface area is 189 Å². The fraction of sp³-hybridized carbons (Fsp3) is 0.273. The molecule has 2 saturated heterocycles. The summed E-state index contributed by atoms with van der Waals surface area (Å²) in [6.07, 6.45) is 0. The van der Waals surface area contributed by atoms with Gasteiger partial charge < -0.3 is 14.4 Å². The fourth-order valence-electron chi connectivity index (χ4n) is 3.65. The Kier molecular flexibility index (Phi) is 5.97. The summed E-state index contributed by atoms with van der Waals surface area (Å²) >= 11 is 7.32. The minimum absolute atomic E-state index is 0.0879. The van der Waals surface area contributed by atoms with Crippen LogP contribution < -0.4 is 4.90 Å². The van der Waals surface area contributed by atoms with Crippen LogP contribution in [0.2, 0.25) is 0 Å². The van der Waals surface area contributed by atoms with Crippen LogP contribution in [0.5, 0.6) is 0 Å². The topological polar surface area (TPSA) is 76.1 Å². The standard InChI is InChI=1S/C22H20N2O5S2/c1-3-29-21(27)15-8-10-16(11-9-15)23-18(25)17-12-31-19(24(17)22(23)30)13-4-6-14(7-5-13)20(26)28-2/h4-11,17,19H,3,12H2,1-2H3/t17-,19?/m0/s1. The molecular formula is C22H20N2O5S2. The van der Waals surface area contributed by atoms with E-state index in [1.54, 1.807) is 55.1 Å². The van der Waals surface area contributed by atoms with Gasteiger partial charge in [-0.3, -0.25) is 9.69 Å². The SMILES string of the molecule is CCOC(=O)c1ccc(N2C(=O)[C@@H]3CSC(c4ccc(C(=O)OC)cc4)N3C2=S)cc1. The highest BCUT2D eigenvalue weighted by atomic mass is 32.2. The Morgan fingerprint density at radius 3 is 2.29 bits per heavy atom. The van der Waals surface area contributed by atoms with Crippen molar-refractivity contribution in [1.82, 2.24) is 4.90 Å². The molecule has 160 valence electrons. The highest BCUT2D eigenvalue weighted by molar-refractivity contribution is 7.99. The van der Waals surface area contributed by atoms with E-state index in [-0.39, 0.29) is 17.3 Å². The number of ether oxygens (including phenoxy) is 2. The minimum atomic E-state index is -0.406. The second-order valence-electron chi connectivity index (χ2n) is 6.95. The second-order valence-corrected chi connectivity index (χ2v) is 8.42. The Hall–Kier alpha value is -2.91. The first-order chi connectivity index (χ1) is 15.0. The van der Waals surface area contributed by atoms with Gasteiger partial charge in [0.2, 0.25) is 0 Å². The summed E-state index contributed by atoms with van der Waals surface area (Å²) in [5.41, 5.74) is 2.45. The lowest BCUT2D eigenvalue weighted by Crippen LogP contribution is -2.33. The molecule has 2 heterocycles. The van der Waals surface area contributed by atoms with E-state index in [0.29, 0.717) is 34.3 Å². The van der Waals surface area contributed by atoms with Crippen LogP contribution in [-0.2, 0) is 14.3 Å². The molecule has 0 aromatic heterocycles. The summed E-state index contributed by atoms with van der Waals surface area (Å²) in [6.45, 7) is 2.05. The number of nitrogens with zero attached hydrogens (tertiary/aromatic N) is 2. The zero-order valence-electron chi connectivity index (χ0n) is 16.9. The molecule has 0 saturated carbocycles. The average molecular weight is 457 g/mol. The summed E-state index contributed by atoms with van der Waals surface area (Å²) in [5.74, 6) is -0.278. The lowest BCUT2D eigenvalue weighted by molar-refractivity contribution is -0.119. The van der Waals surface area contributed by atoms with Gasteiger partial charge in [0.15, 0.2) is 5.11 Å². The van der Waals surface area contributed by atoms with Crippen LogP contribution in [0.15, 0.2) is 48.5 Å². The van der Waals surface area contributed by atoms with Gasteiger partial charge in [0.25, 0.3) is 5.91 Å². The maximum atomic E-state index is 13.1. The monoisotopic (exact) mass is 456 g/mol. The van der Waals surface area contributed by atoms with Crippen molar-refractivity contribution in [2.24, 2.45) is 0 Å². The van der Waals surface area contributed by atoms with Gasteiger partial charge in [-0.05, 0) is 61.1 Å². The van der Waals surface area contributed by atoms with Crippen molar-refractivity contribution in [2.75, 3.05) is 24.4 Å². The summed E-state index contributed by atoms with van der Waals surface area (Å²) in [6, 6.07) is 13.4.